The molecule has 0 amide bonds. The molecule has 0 aromatic heterocycles. The molecule has 0 saturated carbocycles. The third-order valence-corrected chi connectivity index (χ3v) is 4.35. The van der Waals surface area contributed by atoms with E-state index in [4.69, 9.17) is 9.47 Å². The molecule has 0 N–H and O–H groups in total. The predicted molar refractivity (Wildman–Crippen MR) is 96.4 cm³/mol. The molecule has 0 radical (unpaired) electrons. The Kier molecular flexibility index (Phi) is 6.42. The Labute approximate surface area is 144 Å². The van der Waals surface area contributed by atoms with E-state index < -0.39 is 5.41 Å². The SMILES string of the molecule is CCCC(Cc1ccccc1OC)(C(=O)OCC)c1ccccc1. The van der Waals surface area contributed by atoms with Crippen LogP contribution in [0.25, 0.3) is 0 Å². The fourth-order valence-electron chi connectivity index (χ4n) is 3.25. The van der Waals surface area contributed by atoms with Crippen LogP contribution >= 0.6 is 0 Å². The predicted octanol–water partition coefficient (Wildman–Crippen LogP) is 4.54. The summed E-state index contributed by atoms with van der Waals surface area (Å²) in [5, 5.41) is 0. The lowest BCUT2D eigenvalue weighted by Crippen LogP contribution is -2.40. The minimum absolute atomic E-state index is 0.163. The monoisotopic (exact) mass is 326 g/mol. The van der Waals surface area contributed by atoms with Crippen LogP contribution in [0.5, 0.6) is 5.75 Å². The van der Waals surface area contributed by atoms with Gasteiger partial charge in [-0.3, -0.25) is 4.79 Å². The van der Waals surface area contributed by atoms with Crippen LogP contribution in [0.15, 0.2) is 54.6 Å². The van der Waals surface area contributed by atoms with Crippen LogP contribution in [0.4, 0.5) is 0 Å². The van der Waals surface area contributed by atoms with Crippen molar-refractivity contribution in [1.82, 2.24) is 0 Å². The van der Waals surface area contributed by atoms with Gasteiger partial charge in [-0.15, -0.1) is 0 Å². The number of carbonyl (C=O) groups excluding carboxylic acids is 1. The summed E-state index contributed by atoms with van der Waals surface area (Å²) in [5.74, 6) is 0.641. The fourth-order valence-corrected chi connectivity index (χ4v) is 3.25. The van der Waals surface area contributed by atoms with E-state index in [2.05, 4.69) is 6.92 Å². The normalized spacial score (nSPS) is 13.1. The summed E-state index contributed by atoms with van der Waals surface area (Å²) in [7, 11) is 1.66. The molecular weight excluding hydrogens is 300 g/mol. The number of ether oxygens (including phenoxy) is 2. The third kappa shape index (κ3) is 3.78. The number of rotatable bonds is 8. The summed E-state index contributed by atoms with van der Waals surface area (Å²) in [6.45, 7) is 4.32. The second-order valence-corrected chi connectivity index (χ2v) is 5.91. The smallest absolute Gasteiger partial charge is 0.316 e. The van der Waals surface area contributed by atoms with E-state index in [1.807, 2.05) is 61.5 Å². The zero-order valence-electron chi connectivity index (χ0n) is 14.7. The first-order valence-corrected chi connectivity index (χ1v) is 8.52. The van der Waals surface area contributed by atoms with Crippen LogP contribution in [0.2, 0.25) is 0 Å². The molecule has 0 bridgehead atoms. The maximum atomic E-state index is 13.0. The lowest BCUT2D eigenvalue weighted by Gasteiger charge is -2.32. The van der Waals surface area contributed by atoms with Crippen molar-refractivity contribution in [3.05, 3.63) is 65.7 Å². The number of benzene rings is 2. The van der Waals surface area contributed by atoms with Crippen molar-refractivity contribution in [1.29, 1.82) is 0 Å². The zero-order chi connectivity index (χ0) is 17.4. The summed E-state index contributed by atoms with van der Waals surface area (Å²) < 4.78 is 11.0. The van der Waals surface area contributed by atoms with Crippen molar-refractivity contribution in [2.24, 2.45) is 0 Å². The van der Waals surface area contributed by atoms with E-state index in [0.717, 1.165) is 29.7 Å². The second kappa shape index (κ2) is 8.53. The number of hydrogen-bond donors (Lipinski definition) is 0. The van der Waals surface area contributed by atoms with Gasteiger partial charge >= 0.3 is 5.97 Å². The Bertz CT molecular complexity index is 651. The van der Waals surface area contributed by atoms with Crippen LogP contribution in [0.1, 0.15) is 37.8 Å². The van der Waals surface area contributed by atoms with Gasteiger partial charge in [0.2, 0.25) is 0 Å². The first-order valence-electron chi connectivity index (χ1n) is 8.52. The Morgan fingerprint density at radius 2 is 1.67 bits per heavy atom. The molecule has 0 heterocycles. The van der Waals surface area contributed by atoms with E-state index >= 15 is 0 Å². The highest BCUT2D eigenvalue weighted by atomic mass is 16.5. The minimum Gasteiger partial charge on any atom is -0.496 e. The Morgan fingerprint density at radius 3 is 2.29 bits per heavy atom. The number of esters is 1. The van der Waals surface area contributed by atoms with Gasteiger partial charge < -0.3 is 9.47 Å². The standard InChI is InChI=1S/C21H26O3/c1-4-15-21(20(22)24-5-2,18-12-7-6-8-13-18)16-17-11-9-10-14-19(17)23-3/h6-14H,4-5,15-16H2,1-3H3. The quantitative estimate of drug-likeness (QED) is 0.668. The van der Waals surface area contributed by atoms with Gasteiger partial charge in [0, 0.05) is 0 Å². The summed E-state index contributed by atoms with van der Waals surface area (Å²) in [5.41, 5.74) is 1.32. The average Bonchev–Trinajstić information content (AvgIpc) is 2.62. The molecule has 2 aromatic carbocycles. The number of para-hydroxylation sites is 1. The molecule has 0 saturated heterocycles. The molecule has 3 nitrogen and oxygen atoms in total. The zero-order valence-corrected chi connectivity index (χ0v) is 14.7. The minimum atomic E-state index is -0.694. The van der Waals surface area contributed by atoms with Gasteiger partial charge in [0.1, 0.15) is 5.75 Å². The molecule has 0 fully saturated rings. The van der Waals surface area contributed by atoms with Gasteiger partial charge in [0.25, 0.3) is 0 Å². The molecule has 3 heteroatoms. The third-order valence-electron chi connectivity index (χ3n) is 4.35. The number of carbonyl (C=O) groups is 1. The van der Waals surface area contributed by atoms with Crippen molar-refractivity contribution >= 4 is 5.97 Å². The van der Waals surface area contributed by atoms with Crippen molar-refractivity contribution in [2.75, 3.05) is 13.7 Å². The van der Waals surface area contributed by atoms with Gasteiger partial charge in [0.15, 0.2) is 0 Å². The second-order valence-electron chi connectivity index (χ2n) is 5.91. The van der Waals surface area contributed by atoms with Gasteiger partial charge in [-0.2, -0.15) is 0 Å². The van der Waals surface area contributed by atoms with Crippen molar-refractivity contribution in [3.63, 3.8) is 0 Å². The molecule has 2 rings (SSSR count). The Hall–Kier alpha value is -2.29. The van der Waals surface area contributed by atoms with E-state index in [1.165, 1.54) is 0 Å². The van der Waals surface area contributed by atoms with E-state index in [9.17, 15) is 4.79 Å². The van der Waals surface area contributed by atoms with Crippen LogP contribution in [-0.4, -0.2) is 19.7 Å². The van der Waals surface area contributed by atoms with Gasteiger partial charge in [-0.25, -0.2) is 0 Å². The van der Waals surface area contributed by atoms with Crippen LogP contribution < -0.4 is 4.74 Å². The molecule has 0 aliphatic rings. The molecular formula is C21H26O3. The van der Waals surface area contributed by atoms with Crippen LogP contribution in [0, 0.1) is 0 Å². The molecule has 24 heavy (non-hydrogen) atoms. The van der Waals surface area contributed by atoms with Crippen LogP contribution in [-0.2, 0) is 21.4 Å². The molecule has 0 aliphatic heterocycles. The fraction of sp³-hybridized carbons (Fsp3) is 0.381. The lowest BCUT2D eigenvalue weighted by molar-refractivity contribution is -0.150. The highest BCUT2D eigenvalue weighted by molar-refractivity contribution is 5.84. The van der Waals surface area contributed by atoms with Gasteiger partial charge in [-0.1, -0.05) is 61.9 Å². The average molecular weight is 326 g/mol. The van der Waals surface area contributed by atoms with Crippen molar-refractivity contribution < 1.29 is 14.3 Å². The molecule has 0 aliphatic carbocycles. The van der Waals surface area contributed by atoms with Gasteiger partial charge in [-0.05, 0) is 37.0 Å². The number of hydrogen-bond acceptors (Lipinski definition) is 3. The molecule has 128 valence electrons. The Morgan fingerprint density at radius 1 is 1.00 bits per heavy atom. The van der Waals surface area contributed by atoms with Crippen molar-refractivity contribution in [2.45, 2.75) is 38.5 Å². The molecule has 1 unspecified atom stereocenters. The van der Waals surface area contributed by atoms with E-state index in [1.54, 1.807) is 7.11 Å². The Balaban J connectivity index is 2.54. The maximum absolute atomic E-state index is 13.0. The molecule has 0 spiro atoms. The molecule has 1 atom stereocenters. The first-order chi connectivity index (χ1) is 11.7. The van der Waals surface area contributed by atoms with E-state index in [0.29, 0.717) is 13.0 Å². The topological polar surface area (TPSA) is 35.5 Å². The summed E-state index contributed by atoms with van der Waals surface area (Å²) in [6, 6.07) is 17.8. The van der Waals surface area contributed by atoms with Crippen molar-refractivity contribution in [3.8, 4) is 5.75 Å². The highest BCUT2D eigenvalue weighted by Gasteiger charge is 2.41. The molecule has 2 aromatic rings. The van der Waals surface area contributed by atoms with Crippen LogP contribution in [0.3, 0.4) is 0 Å². The largest absolute Gasteiger partial charge is 0.496 e. The van der Waals surface area contributed by atoms with E-state index in [-0.39, 0.29) is 5.97 Å². The van der Waals surface area contributed by atoms with Gasteiger partial charge in [0.05, 0.1) is 19.1 Å². The summed E-state index contributed by atoms with van der Waals surface area (Å²) in [4.78, 5) is 13.0. The summed E-state index contributed by atoms with van der Waals surface area (Å²) >= 11 is 0. The maximum Gasteiger partial charge on any atom is 0.316 e. The lowest BCUT2D eigenvalue weighted by atomic mass is 9.72. The summed E-state index contributed by atoms with van der Waals surface area (Å²) in [6.07, 6.45) is 2.18. The number of methoxy groups -OCH3 is 1. The highest BCUT2D eigenvalue weighted by Crippen LogP contribution is 2.37. The first kappa shape index (κ1) is 18.1.